The maximum atomic E-state index is 11.9. The van der Waals surface area contributed by atoms with Crippen molar-refractivity contribution in [1.82, 2.24) is 0 Å². The molecule has 0 saturated carbocycles. The number of rotatable bonds is 7. The molecule has 0 fully saturated rings. The minimum Gasteiger partial charge on any atom is -0.494 e. The van der Waals surface area contributed by atoms with E-state index >= 15 is 0 Å². The summed E-state index contributed by atoms with van der Waals surface area (Å²) in [6.45, 7) is 2.61. The van der Waals surface area contributed by atoms with Crippen LogP contribution in [0.15, 0.2) is 58.3 Å². The first kappa shape index (κ1) is 16.8. The van der Waals surface area contributed by atoms with Gasteiger partial charge in [-0.2, -0.15) is 0 Å². The highest BCUT2D eigenvalue weighted by Crippen LogP contribution is 2.22. The van der Waals surface area contributed by atoms with E-state index in [0.717, 1.165) is 16.3 Å². The van der Waals surface area contributed by atoms with Gasteiger partial charge in [-0.1, -0.05) is 0 Å². The number of hydrogen-bond donors (Lipinski definition) is 1. The van der Waals surface area contributed by atoms with Gasteiger partial charge in [0.15, 0.2) is 0 Å². The van der Waals surface area contributed by atoms with Crippen molar-refractivity contribution in [2.45, 2.75) is 16.7 Å². The predicted octanol–water partition coefficient (Wildman–Crippen LogP) is 4.54. The molecular weight excluding hydrogens is 314 g/mol. The lowest BCUT2D eigenvalue weighted by Crippen LogP contribution is -2.13. The highest BCUT2D eigenvalue weighted by molar-refractivity contribution is 8.00. The van der Waals surface area contributed by atoms with Crippen LogP contribution in [0.4, 0.5) is 5.69 Å². The highest BCUT2D eigenvalue weighted by atomic mass is 32.2. The molecule has 1 N–H and O–H groups in total. The van der Waals surface area contributed by atoms with E-state index in [-0.39, 0.29) is 5.91 Å². The smallest absolute Gasteiger partial charge is 0.234 e. The monoisotopic (exact) mass is 333 g/mol. The summed E-state index contributed by atoms with van der Waals surface area (Å²) in [7, 11) is 0. The molecule has 0 unspecified atom stereocenters. The van der Waals surface area contributed by atoms with Gasteiger partial charge in [0.2, 0.25) is 5.91 Å². The van der Waals surface area contributed by atoms with E-state index in [2.05, 4.69) is 5.32 Å². The molecule has 3 nitrogen and oxygen atoms in total. The van der Waals surface area contributed by atoms with Crippen LogP contribution in [0.2, 0.25) is 0 Å². The third-order valence-corrected chi connectivity index (χ3v) is 4.63. The van der Waals surface area contributed by atoms with Crippen LogP contribution >= 0.6 is 23.5 Å². The molecule has 0 radical (unpaired) electrons. The number of thioether (sulfide) groups is 2. The molecule has 2 aromatic rings. The quantitative estimate of drug-likeness (QED) is 0.755. The summed E-state index contributed by atoms with van der Waals surface area (Å²) in [4.78, 5) is 14.2. The molecule has 0 saturated heterocycles. The predicted molar refractivity (Wildman–Crippen MR) is 95.2 cm³/mol. The zero-order chi connectivity index (χ0) is 15.8. The van der Waals surface area contributed by atoms with Crippen LogP contribution in [0, 0.1) is 0 Å². The number of anilines is 1. The van der Waals surface area contributed by atoms with Crippen LogP contribution in [0.25, 0.3) is 0 Å². The second-order valence-electron chi connectivity index (χ2n) is 4.47. The van der Waals surface area contributed by atoms with E-state index in [1.54, 1.807) is 11.8 Å². The minimum atomic E-state index is -0.00390. The average Bonchev–Trinajstić information content (AvgIpc) is 2.55. The summed E-state index contributed by atoms with van der Waals surface area (Å²) in [5.74, 6) is 1.24. The molecule has 2 rings (SSSR count). The average molecular weight is 333 g/mol. The van der Waals surface area contributed by atoms with Gasteiger partial charge in [0.1, 0.15) is 5.75 Å². The molecule has 22 heavy (non-hydrogen) atoms. The first-order chi connectivity index (χ1) is 10.7. The molecule has 0 aromatic heterocycles. The maximum Gasteiger partial charge on any atom is 0.234 e. The van der Waals surface area contributed by atoms with Gasteiger partial charge in [-0.3, -0.25) is 4.79 Å². The Morgan fingerprint density at radius 1 is 1.05 bits per heavy atom. The second-order valence-corrected chi connectivity index (χ2v) is 6.40. The van der Waals surface area contributed by atoms with Crippen molar-refractivity contribution in [3.63, 3.8) is 0 Å². The van der Waals surface area contributed by atoms with Gasteiger partial charge in [-0.25, -0.2) is 0 Å². The molecule has 0 aliphatic rings. The van der Waals surface area contributed by atoms with Gasteiger partial charge >= 0.3 is 0 Å². The molecular formula is C17H19NO2S2. The fraction of sp³-hybridized carbons (Fsp3) is 0.235. The van der Waals surface area contributed by atoms with E-state index in [4.69, 9.17) is 4.74 Å². The van der Waals surface area contributed by atoms with Crippen molar-refractivity contribution in [3.8, 4) is 5.75 Å². The topological polar surface area (TPSA) is 38.3 Å². The van der Waals surface area contributed by atoms with E-state index in [1.165, 1.54) is 16.7 Å². The zero-order valence-corrected chi connectivity index (χ0v) is 14.3. The molecule has 0 spiro atoms. The number of carbonyl (C=O) groups excluding carboxylic acids is 1. The van der Waals surface area contributed by atoms with Crippen LogP contribution in [0.5, 0.6) is 5.75 Å². The summed E-state index contributed by atoms with van der Waals surface area (Å²) in [5.41, 5.74) is 0.829. The van der Waals surface area contributed by atoms with Crippen molar-refractivity contribution in [3.05, 3.63) is 48.5 Å². The SMILES string of the molecule is CCOc1ccc(SCC(=O)Nc2ccc(SC)cc2)cc1. The van der Waals surface area contributed by atoms with Gasteiger partial charge in [0, 0.05) is 15.5 Å². The molecule has 116 valence electrons. The summed E-state index contributed by atoms with van der Waals surface area (Å²) >= 11 is 3.19. The summed E-state index contributed by atoms with van der Waals surface area (Å²) in [6.07, 6.45) is 2.03. The molecule has 1 amide bonds. The standard InChI is InChI=1S/C17H19NO2S2/c1-3-20-14-6-10-16(11-7-14)22-12-17(19)18-13-4-8-15(21-2)9-5-13/h4-11H,3,12H2,1-2H3,(H,18,19). The summed E-state index contributed by atoms with van der Waals surface area (Å²) in [5, 5.41) is 2.90. The van der Waals surface area contributed by atoms with Gasteiger partial charge in [-0.05, 0) is 61.7 Å². The molecule has 5 heteroatoms. The van der Waals surface area contributed by atoms with Gasteiger partial charge in [0.25, 0.3) is 0 Å². The first-order valence-corrected chi connectivity index (χ1v) is 9.22. The Hall–Kier alpha value is -1.59. The zero-order valence-electron chi connectivity index (χ0n) is 12.7. The first-order valence-electron chi connectivity index (χ1n) is 7.01. The van der Waals surface area contributed by atoms with Crippen molar-refractivity contribution in [1.29, 1.82) is 0 Å². The molecule has 0 atom stereocenters. The Morgan fingerprint density at radius 3 is 2.27 bits per heavy atom. The van der Waals surface area contributed by atoms with Crippen molar-refractivity contribution >= 4 is 35.1 Å². The number of amides is 1. The summed E-state index contributed by atoms with van der Waals surface area (Å²) in [6, 6.07) is 15.6. The van der Waals surface area contributed by atoms with E-state index < -0.39 is 0 Å². The highest BCUT2D eigenvalue weighted by Gasteiger charge is 2.04. The van der Waals surface area contributed by atoms with Crippen molar-refractivity contribution < 1.29 is 9.53 Å². The number of benzene rings is 2. The third kappa shape index (κ3) is 5.31. The fourth-order valence-corrected chi connectivity index (χ4v) is 2.93. The van der Waals surface area contributed by atoms with Crippen LogP contribution in [0.3, 0.4) is 0 Å². The molecule has 0 aliphatic carbocycles. The fourth-order valence-electron chi connectivity index (χ4n) is 1.82. The van der Waals surface area contributed by atoms with Crippen LogP contribution in [0.1, 0.15) is 6.92 Å². The lowest BCUT2D eigenvalue weighted by atomic mass is 10.3. The summed E-state index contributed by atoms with van der Waals surface area (Å²) < 4.78 is 5.39. The number of ether oxygens (including phenoxy) is 1. The Bertz CT molecular complexity index is 597. The van der Waals surface area contributed by atoms with E-state index in [1.807, 2.05) is 61.7 Å². The largest absolute Gasteiger partial charge is 0.494 e. The molecule has 0 bridgehead atoms. The minimum absolute atomic E-state index is 0.00390. The van der Waals surface area contributed by atoms with Gasteiger partial charge in [-0.15, -0.1) is 23.5 Å². The Kier molecular flexibility index (Phi) is 6.68. The second kappa shape index (κ2) is 8.76. The van der Waals surface area contributed by atoms with Crippen LogP contribution < -0.4 is 10.1 Å². The van der Waals surface area contributed by atoms with Crippen LogP contribution in [-0.2, 0) is 4.79 Å². The lowest BCUT2D eigenvalue weighted by Gasteiger charge is -2.07. The normalized spacial score (nSPS) is 10.3. The lowest BCUT2D eigenvalue weighted by molar-refractivity contribution is -0.113. The number of hydrogen-bond acceptors (Lipinski definition) is 4. The molecule has 2 aromatic carbocycles. The van der Waals surface area contributed by atoms with E-state index in [9.17, 15) is 4.79 Å². The van der Waals surface area contributed by atoms with Crippen molar-refractivity contribution in [2.24, 2.45) is 0 Å². The Morgan fingerprint density at radius 2 is 1.68 bits per heavy atom. The number of carbonyl (C=O) groups is 1. The van der Waals surface area contributed by atoms with Gasteiger partial charge < -0.3 is 10.1 Å². The maximum absolute atomic E-state index is 11.9. The number of nitrogens with one attached hydrogen (secondary N) is 1. The third-order valence-electron chi connectivity index (χ3n) is 2.88. The molecule has 0 aliphatic heterocycles. The Labute approximate surface area is 139 Å². The van der Waals surface area contributed by atoms with Crippen LogP contribution in [-0.4, -0.2) is 24.5 Å². The van der Waals surface area contributed by atoms with Gasteiger partial charge in [0.05, 0.1) is 12.4 Å². The van der Waals surface area contributed by atoms with Crippen molar-refractivity contribution in [2.75, 3.05) is 23.9 Å². The van der Waals surface area contributed by atoms with E-state index in [0.29, 0.717) is 12.4 Å². The Balaban J connectivity index is 1.81. The molecule has 0 heterocycles.